The predicted molar refractivity (Wildman–Crippen MR) is 79.8 cm³/mol. The molecule has 0 saturated carbocycles. The highest BCUT2D eigenvalue weighted by atomic mass is 14.7. The minimum absolute atomic E-state index is 1.03. The van der Waals surface area contributed by atoms with Crippen LogP contribution in [-0.4, -0.2) is 4.98 Å². The largest absolute Gasteiger partial charge is 0.256 e. The Balaban J connectivity index is 2.25. The zero-order valence-corrected chi connectivity index (χ0v) is 10.9. The van der Waals surface area contributed by atoms with Crippen molar-refractivity contribution in [2.24, 2.45) is 0 Å². The molecule has 0 radical (unpaired) electrons. The van der Waals surface area contributed by atoms with E-state index in [0.29, 0.717) is 0 Å². The Morgan fingerprint density at radius 1 is 0.737 bits per heavy atom. The lowest BCUT2D eigenvalue weighted by Gasteiger charge is -2.12. The van der Waals surface area contributed by atoms with E-state index in [1.165, 1.54) is 22.3 Å². The Bertz CT molecular complexity index is 673. The minimum Gasteiger partial charge on any atom is -0.256 e. The molecule has 0 aliphatic heterocycles. The van der Waals surface area contributed by atoms with Crippen LogP contribution in [0.5, 0.6) is 0 Å². The zero-order chi connectivity index (χ0) is 13.1. The van der Waals surface area contributed by atoms with Gasteiger partial charge in [0.1, 0.15) is 0 Å². The third kappa shape index (κ3) is 2.27. The normalized spacial score (nSPS) is 10.4. The van der Waals surface area contributed by atoms with Gasteiger partial charge in [0.15, 0.2) is 0 Å². The van der Waals surface area contributed by atoms with Gasteiger partial charge in [-0.1, -0.05) is 54.6 Å². The van der Waals surface area contributed by atoms with Gasteiger partial charge in [-0.25, -0.2) is 0 Å². The molecule has 0 aliphatic rings. The second-order valence-electron chi connectivity index (χ2n) is 4.58. The first-order chi connectivity index (χ1) is 9.36. The number of aryl methyl sites for hydroxylation is 1. The van der Waals surface area contributed by atoms with E-state index in [9.17, 15) is 0 Å². The average molecular weight is 245 g/mol. The van der Waals surface area contributed by atoms with Gasteiger partial charge in [0.25, 0.3) is 0 Å². The van der Waals surface area contributed by atoms with Crippen molar-refractivity contribution >= 4 is 0 Å². The van der Waals surface area contributed by atoms with Gasteiger partial charge in [0.2, 0.25) is 0 Å². The maximum Gasteiger partial charge on any atom is 0.0710 e. The molecule has 1 heterocycles. The number of hydrogen-bond acceptors (Lipinski definition) is 1. The van der Waals surface area contributed by atoms with E-state index in [1.54, 1.807) is 0 Å². The van der Waals surface area contributed by atoms with Crippen molar-refractivity contribution in [2.45, 2.75) is 6.92 Å². The van der Waals surface area contributed by atoms with Crippen molar-refractivity contribution in [1.29, 1.82) is 0 Å². The molecule has 0 fully saturated rings. The molecular weight excluding hydrogens is 230 g/mol. The molecule has 1 aromatic heterocycles. The van der Waals surface area contributed by atoms with Gasteiger partial charge in [-0.15, -0.1) is 0 Å². The first-order valence-electron chi connectivity index (χ1n) is 6.43. The number of nitrogens with zero attached hydrogens (tertiary/aromatic N) is 1. The van der Waals surface area contributed by atoms with Crippen LogP contribution in [-0.2, 0) is 0 Å². The molecule has 0 saturated heterocycles. The smallest absolute Gasteiger partial charge is 0.0710 e. The summed E-state index contributed by atoms with van der Waals surface area (Å²) in [6.45, 7) is 2.14. The Morgan fingerprint density at radius 3 is 2.26 bits per heavy atom. The molecule has 92 valence electrons. The SMILES string of the molecule is Cc1cccc(-c2ccccc2)c1-c1ccccn1. The van der Waals surface area contributed by atoms with Gasteiger partial charge in [0, 0.05) is 11.8 Å². The summed E-state index contributed by atoms with van der Waals surface area (Å²) >= 11 is 0. The summed E-state index contributed by atoms with van der Waals surface area (Å²) in [4.78, 5) is 4.50. The Labute approximate surface area is 113 Å². The van der Waals surface area contributed by atoms with Gasteiger partial charge in [-0.3, -0.25) is 4.98 Å². The standard InChI is InChI=1S/C18H15N/c1-14-8-7-11-16(15-9-3-2-4-10-15)18(14)17-12-5-6-13-19-17/h2-13H,1H3. The maximum absolute atomic E-state index is 4.50. The summed E-state index contributed by atoms with van der Waals surface area (Å²) in [5.41, 5.74) is 5.96. The summed E-state index contributed by atoms with van der Waals surface area (Å²) in [5.74, 6) is 0. The fourth-order valence-electron chi connectivity index (χ4n) is 2.38. The quantitative estimate of drug-likeness (QED) is 0.636. The van der Waals surface area contributed by atoms with E-state index in [2.05, 4.69) is 60.4 Å². The van der Waals surface area contributed by atoms with Crippen LogP contribution in [0, 0.1) is 6.92 Å². The third-order valence-corrected chi connectivity index (χ3v) is 3.28. The molecule has 2 aromatic carbocycles. The lowest BCUT2D eigenvalue weighted by atomic mass is 9.94. The van der Waals surface area contributed by atoms with E-state index < -0.39 is 0 Å². The Kier molecular flexibility index (Phi) is 3.11. The predicted octanol–water partition coefficient (Wildman–Crippen LogP) is 4.72. The summed E-state index contributed by atoms with van der Waals surface area (Å²) < 4.78 is 0. The lowest BCUT2D eigenvalue weighted by Crippen LogP contribution is -1.90. The third-order valence-electron chi connectivity index (χ3n) is 3.28. The van der Waals surface area contributed by atoms with Crippen LogP contribution in [0.3, 0.4) is 0 Å². The first kappa shape index (κ1) is 11.7. The van der Waals surface area contributed by atoms with Gasteiger partial charge in [-0.05, 0) is 35.7 Å². The van der Waals surface area contributed by atoms with Crippen LogP contribution in [0.4, 0.5) is 0 Å². The highest BCUT2D eigenvalue weighted by molar-refractivity contribution is 5.83. The molecule has 1 nitrogen and oxygen atoms in total. The lowest BCUT2D eigenvalue weighted by molar-refractivity contribution is 1.31. The minimum atomic E-state index is 1.03. The number of rotatable bonds is 2. The Hall–Kier alpha value is -2.41. The summed E-state index contributed by atoms with van der Waals surface area (Å²) in [6, 6.07) is 22.9. The van der Waals surface area contributed by atoms with Gasteiger partial charge in [0.05, 0.1) is 5.69 Å². The van der Waals surface area contributed by atoms with Crippen molar-refractivity contribution < 1.29 is 0 Å². The van der Waals surface area contributed by atoms with Crippen molar-refractivity contribution in [2.75, 3.05) is 0 Å². The molecular formula is C18H15N. The molecule has 3 rings (SSSR count). The average Bonchev–Trinajstić information content (AvgIpc) is 2.49. The number of hydrogen-bond donors (Lipinski definition) is 0. The van der Waals surface area contributed by atoms with Crippen molar-refractivity contribution in [3.05, 3.63) is 78.5 Å². The molecule has 0 spiro atoms. The molecule has 0 unspecified atom stereocenters. The van der Waals surface area contributed by atoms with Crippen LogP contribution in [0.15, 0.2) is 72.9 Å². The van der Waals surface area contributed by atoms with Crippen molar-refractivity contribution in [3.8, 4) is 22.4 Å². The molecule has 0 atom stereocenters. The van der Waals surface area contributed by atoms with Crippen LogP contribution >= 0.6 is 0 Å². The van der Waals surface area contributed by atoms with Crippen LogP contribution in [0.1, 0.15) is 5.56 Å². The molecule has 0 bridgehead atoms. The maximum atomic E-state index is 4.50. The number of aromatic nitrogens is 1. The van der Waals surface area contributed by atoms with Crippen LogP contribution in [0.2, 0.25) is 0 Å². The second-order valence-corrected chi connectivity index (χ2v) is 4.58. The highest BCUT2D eigenvalue weighted by Gasteiger charge is 2.10. The molecule has 1 heteroatoms. The molecule has 19 heavy (non-hydrogen) atoms. The monoisotopic (exact) mass is 245 g/mol. The first-order valence-corrected chi connectivity index (χ1v) is 6.43. The fraction of sp³-hybridized carbons (Fsp3) is 0.0556. The van der Waals surface area contributed by atoms with Crippen LogP contribution in [0.25, 0.3) is 22.4 Å². The summed E-state index contributed by atoms with van der Waals surface area (Å²) in [5, 5.41) is 0. The van der Waals surface area contributed by atoms with Gasteiger partial charge >= 0.3 is 0 Å². The topological polar surface area (TPSA) is 12.9 Å². The van der Waals surface area contributed by atoms with E-state index >= 15 is 0 Å². The second kappa shape index (κ2) is 5.07. The van der Waals surface area contributed by atoms with Crippen molar-refractivity contribution in [1.82, 2.24) is 4.98 Å². The summed E-state index contributed by atoms with van der Waals surface area (Å²) in [6.07, 6.45) is 1.84. The van der Waals surface area contributed by atoms with E-state index in [1.807, 2.05) is 24.4 Å². The Morgan fingerprint density at radius 2 is 1.53 bits per heavy atom. The van der Waals surface area contributed by atoms with Gasteiger partial charge < -0.3 is 0 Å². The van der Waals surface area contributed by atoms with Crippen molar-refractivity contribution in [3.63, 3.8) is 0 Å². The van der Waals surface area contributed by atoms with Gasteiger partial charge in [-0.2, -0.15) is 0 Å². The molecule has 3 aromatic rings. The molecule has 0 N–H and O–H groups in total. The molecule has 0 aliphatic carbocycles. The van der Waals surface area contributed by atoms with E-state index in [4.69, 9.17) is 0 Å². The number of benzene rings is 2. The summed E-state index contributed by atoms with van der Waals surface area (Å²) in [7, 11) is 0. The van der Waals surface area contributed by atoms with Crippen LogP contribution < -0.4 is 0 Å². The van der Waals surface area contributed by atoms with E-state index in [0.717, 1.165) is 5.69 Å². The molecule has 0 amide bonds. The highest BCUT2D eigenvalue weighted by Crippen LogP contribution is 2.33. The zero-order valence-electron chi connectivity index (χ0n) is 10.9. The fourth-order valence-corrected chi connectivity index (χ4v) is 2.38. The van der Waals surface area contributed by atoms with E-state index in [-0.39, 0.29) is 0 Å². The number of pyridine rings is 1.